The van der Waals surface area contributed by atoms with Crippen molar-refractivity contribution in [2.24, 2.45) is 0 Å². The molecule has 8 nitrogen and oxygen atoms in total. The monoisotopic (exact) mass is 480 g/mol. The van der Waals surface area contributed by atoms with E-state index in [9.17, 15) is 23.3 Å². The highest BCUT2D eigenvalue weighted by molar-refractivity contribution is 7.89. The molecule has 1 aliphatic rings. The van der Waals surface area contributed by atoms with Crippen molar-refractivity contribution in [1.82, 2.24) is 4.31 Å². The number of rotatable bonds is 7. The van der Waals surface area contributed by atoms with Crippen molar-refractivity contribution in [2.45, 2.75) is 37.2 Å². The lowest BCUT2D eigenvalue weighted by Crippen LogP contribution is -2.39. The number of hydrogen-bond acceptors (Lipinski definition) is 6. The number of sulfonamides is 1. The van der Waals surface area contributed by atoms with Crippen LogP contribution in [0.3, 0.4) is 0 Å². The number of hydrogen-bond donors (Lipinski definition) is 0. The molecule has 0 radical (unpaired) electrons. The third kappa shape index (κ3) is 4.08. The molecule has 4 rings (SSSR count). The third-order valence-corrected chi connectivity index (χ3v) is 7.82. The summed E-state index contributed by atoms with van der Waals surface area (Å²) < 4.78 is 34.4. The van der Waals surface area contributed by atoms with Gasteiger partial charge in [0.2, 0.25) is 10.0 Å². The van der Waals surface area contributed by atoms with Crippen LogP contribution in [0.4, 0.5) is 5.69 Å². The minimum Gasteiger partial charge on any atom is -0.463 e. The summed E-state index contributed by atoms with van der Waals surface area (Å²) in [5.41, 5.74) is 0.720. The molecule has 0 aliphatic carbocycles. The van der Waals surface area contributed by atoms with Crippen LogP contribution in [0.25, 0.3) is 10.8 Å². The molecule has 0 N–H and O–H groups in total. The van der Waals surface area contributed by atoms with Gasteiger partial charge in [-0.2, -0.15) is 4.31 Å². The van der Waals surface area contributed by atoms with Gasteiger partial charge in [-0.3, -0.25) is 10.1 Å². The Bertz CT molecular complexity index is 1380. The molecule has 0 bridgehead atoms. The van der Waals surface area contributed by atoms with Gasteiger partial charge < -0.3 is 4.74 Å². The van der Waals surface area contributed by atoms with Crippen LogP contribution in [0, 0.1) is 10.1 Å². The summed E-state index contributed by atoms with van der Waals surface area (Å²) in [6.45, 7) is 3.70. The summed E-state index contributed by atoms with van der Waals surface area (Å²) in [6.07, 6.45) is 2.09. The Balaban J connectivity index is 1.91. The Morgan fingerprint density at radius 3 is 2.35 bits per heavy atom. The van der Waals surface area contributed by atoms with E-state index in [2.05, 4.69) is 0 Å². The van der Waals surface area contributed by atoms with E-state index in [0.29, 0.717) is 12.0 Å². The van der Waals surface area contributed by atoms with Crippen LogP contribution in [0.1, 0.15) is 31.9 Å². The van der Waals surface area contributed by atoms with E-state index in [1.807, 2.05) is 49.4 Å². The molecule has 0 amide bonds. The number of carbonyl (C=O) groups excluding carboxylic acids is 1. The largest absolute Gasteiger partial charge is 0.463 e. The second-order valence-corrected chi connectivity index (χ2v) is 9.72. The second-order valence-electron chi connectivity index (χ2n) is 7.87. The molecule has 1 heterocycles. The molecule has 176 valence electrons. The molecular weight excluding hydrogens is 456 g/mol. The lowest BCUT2D eigenvalue weighted by molar-refractivity contribution is -0.384. The average Bonchev–Trinajstić information content (AvgIpc) is 3.24. The Hall–Kier alpha value is -3.56. The van der Waals surface area contributed by atoms with Crippen molar-refractivity contribution in [3.05, 3.63) is 94.1 Å². The maximum absolute atomic E-state index is 13.9. The highest BCUT2D eigenvalue weighted by atomic mass is 32.2. The summed E-state index contributed by atoms with van der Waals surface area (Å²) in [6, 6.07) is 16.4. The lowest BCUT2D eigenvalue weighted by atomic mass is 9.95. The van der Waals surface area contributed by atoms with Crippen LogP contribution >= 0.6 is 0 Å². The number of esters is 1. The van der Waals surface area contributed by atoms with E-state index < -0.39 is 33.0 Å². The number of benzene rings is 3. The fourth-order valence-corrected chi connectivity index (χ4v) is 6.16. The van der Waals surface area contributed by atoms with Crippen molar-refractivity contribution in [1.29, 1.82) is 0 Å². The lowest BCUT2D eigenvalue weighted by Gasteiger charge is -2.31. The van der Waals surface area contributed by atoms with Crippen molar-refractivity contribution >= 4 is 32.5 Å². The van der Waals surface area contributed by atoms with E-state index in [-0.39, 0.29) is 22.8 Å². The smallest absolute Gasteiger partial charge is 0.335 e. The molecule has 34 heavy (non-hydrogen) atoms. The first-order valence-electron chi connectivity index (χ1n) is 10.9. The fourth-order valence-electron chi connectivity index (χ4n) is 4.36. The van der Waals surface area contributed by atoms with E-state index in [1.165, 1.54) is 16.4 Å². The molecule has 3 aromatic rings. The van der Waals surface area contributed by atoms with E-state index in [0.717, 1.165) is 22.9 Å². The molecule has 1 aliphatic heterocycles. The van der Waals surface area contributed by atoms with Crippen LogP contribution in [0.2, 0.25) is 0 Å². The predicted octanol–water partition coefficient (Wildman–Crippen LogP) is 4.76. The molecule has 2 atom stereocenters. The molecule has 9 heteroatoms. The third-order valence-electron chi connectivity index (χ3n) is 5.92. The Morgan fingerprint density at radius 1 is 1.03 bits per heavy atom. The summed E-state index contributed by atoms with van der Waals surface area (Å²) in [5.74, 6) is -0.569. The second kappa shape index (κ2) is 9.36. The molecule has 0 spiro atoms. The zero-order valence-corrected chi connectivity index (χ0v) is 19.6. The van der Waals surface area contributed by atoms with Crippen molar-refractivity contribution in [2.75, 3.05) is 6.61 Å². The van der Waals surface area contributed by atoms with Crippen LogP contribution < -0.4 is 0 Å². The van der Waals surface area contributed by atoms with Crippen LogP contribution in [0.5, 0.6) is 0 Å². The summed E-state index contributed by atoms with van der Waals surface area (Å²) in [7, 11) is -4.14. The van der Waals surface area contributed by atoms with Gasteiger partial charge in [-0.05, 0) is 41.8 Å². The molecule has 0 aromatic heterocycles. The standard InChI is InChI=1S/C25H24N2O6S/c1-3-18-16-23(25(28)33-4-2)24(22-11-7-9-17-8-5-6-10-21(17)22)26(18)34(31,32)20-14-12-19(13-15-20)27(29)30/h5-16,18,24H,3-4H2,1-2H3/t18-,24+/m0/s1. The minimum atomic E-state index is -4.14. The zero-order chi connectivity index (χ0) is 24.5. The van der Waals surface area contributed by atoms with Gasteiger partial charge in [0, 0.05) is 18.2 Å². The van der Waals surface area contributed by atoms with E-state index in [4.69, 9.17) is 4.74 Å². The highest BCUT2D eigenvalue weighted by Gasteiger charge is 2.46. The van der Waals surface area contributed by atoms with Crippen molar-refractivity contribution in [3.63, 3.8) is 0 Å². The van der Waals surface area contributed by atoms with E-state index >= 15 is 0 Å². The fraction of sp³-hybridized carbons (Fsp3) is 0.240. The number of nitrogens with zero attached hydrogens (tertiary/aromatic N) is 2. The van der Waals surface area contributed by atoms with E-state index in [1.54, 1.807) is 13.0 Å². The normalized spacial score (nSPS) is 18.6. The maximum atomic E-state index is 13.9. The number of carbonyl (C=O) groups is 1. The van der Waals surface area contributed by atoms with Gasteiger partial charge >= 0.3 is 5.97 Å². The Labute approximate surface area is 197 Å². The molecule has 0 saturated heterocycles. The first kappa shape index (κ1) is 23.6. The average molecular weight is 481 g/mol. The number of ether oxygens (including phenoxy) is 1. The molecule has 0 fully saturated rings. The SMILES string of the molecule is CCOC(=O)C1=C[C@H](CC)N(S(=O)(=O)c2ccc([N+](=O)[O-])cc2)[C@@H]1c1cccc2ccccc12. The number of nitro benzene ring substituents is 1. The van der Waals surface area contributed by atoms with Crippen molar-refractivity contribution < 1.29 is 22.9 Å². The van der Waals surface area contributed by atoms with Gasteiger partial charge in [0.25, 0.3) is 5.69 Å². The minimum absolute atomic E-state index is 0.0831. The Morgan fingerprint density at radius 2 is 1.71 bits per heavy atom. The summed E-state index contributed by atoms with van der Waals surface area (Å²) in [5, 5.41) is 12.8. The first-order chi connectivity index (χ1) is 16.3. The highest BCUT2D eigenvalue weighted by Crippen LogP contribution is 2.44. The quantitative estimate of drug-likeness (QED) is 0.274. The van der Waals surface area contributed by atoms with Gasteiger partial charge in [0.05, 0.1) is 28.0 Å². The number of fused-ring (bicyclic) bond motifs is 1. The first-order valence-corrected chi connectivity index (χ1v) is 12.4. The van der Waals surface area contributed by atoms with Crippen LogP contribution in [-0.2, 0) is 19.6 Å². The molecule has 3 aromatic carbocycles. The number of nitro groups is 1. The van der Waals surface area contributed by atoms with Crippen LogP contribution in [-0.4, -0.2) is 36.3 Å². The number of non-ortho nitro benzene ring substituents is 1. The van der Waals surface area contributed by atoms with Gasteiger partial charge in [0.15, 0.2) is 0 Å². The molecule has 0 saturated carbocycles. The van der Waals surface area contributed by atoms with Gasteiger partial charge in [-0.1, -0.05) is 55.5 Å². The maximum Gasteiger partial charge on any atom is 0.335 e. The summed E-state index contributed by atoms with van der Waals surface area (Å²) >= 11 is 0. The van der Waals surface area contributed by atoms with Crippen LogP contribution in [0.15, 0.2) is 83.3 Å². The van der Waals surface area contributed by atoms with Gasteiger partial charge in [0.1, 0.15) is 0 Å². The molecule has 0 unspecified atom stereocenters. The van der Waals surface area contributed by atoms with Gasteiger partial charge in [-0.15, -0.1) is 0 Å². The topological polar surface area (TPSA) is 107 Å². The molecular formula is C25H24N2O6S. The Kier molecular flexibility index (Phi) is 6.49. The zero-order valence-electron chi connectivity index (χ0n) is 18.7. The van der Waals surface area contributed by atoms with Gasteiger partial charge in [-0.25, -0.2) is 13.2 Å². The van der Waals surface area contributed by atoms with Crippen molar-refractivity contribution in [3.8, 4) is 0 Å². The predicted molar refractivity (Wildman–Crippen MR) is 128 cm³/mol. The summed E-state index contributed by atoms with van der Waals surface area (Å²) in [4.78, 5) is 23.3.